The first kappa shape index (κ1) is 28.4. The Kier molecular flexibility index (Phi) is 18.3. The van der Waals surface area contributed by atoms with Gasteiger partial charge in [-0.25, -0.2) is 0 Å². The molecule has 1 atom stereocenters. The molecular formula is C29H58N2. The Morgan fingerprint density at radius 1 is 0.484 bits per heavy atom. The topological polar surface area (TPSA) is 6.48 Å². The minimum absolute atomic E-state index is 0.591. The van der Waals surface area contributed by atoms with Crippen LogP contribution in [0.1, 0.15) is 150 Å². The Balaban J connectivity index is 1.96. The molecule has 1 unspecified atom stereocenters. The van der Waals surface area contributed by atoms with Gasteiger partial charge in [-0.3, -0.25) is 0 Å². The molecule has 0 fully saturated rings. The van der Waals surface area contributed by atoms with Gasteiger partial charge in [-0.15, -0.1) is 0 Å². The SMILES string of the molecule is CCCCCCCCCCCCCCCCCN1C=CN(CCCCCC)C1C(C)C. The molecule has 0 aromatic heterocycles. The molecule has 31 heavy (non-hydrogen) atoms. The molecule has 184 valence electrons. The van der Waals surface area contributed by atoms with Crippen molar-refractivity contribution in [2.24, 2.45) is 5.92 Å². The summed E-state index contributed by atoms with van der Waals surface area (Å²) in [6.07, 6.45) is 32.4. The highest BCUT2D eigenvalue weighted by Crippen LogP contribution is 2.24. The summed E-state index contributed by atoms with van der Waals surface area (Å²) >= 11 is 0. The molecule has 1 heterocycles. The van der Waals surface area contributed by atoms with E-state index >= 15 is 0 Å². The molecule has 2 heteroatoms. The second-order valence-electron chi connectivity index (χ2n) is 10.4. The van der Waals surface area contributed by atoms with E-state index in [0.29, 0.717) is 12.1 Å². The second kappa shape index (κ2) is 20.0. The van der Waals surface area contributed by atoms with Crippen LogP contribution in [0.25, 0.3) is 0 Å². The van der Waals surface area contributed by atoms with Gasteiger partial charge in [0, 0.05) is 25.5 Å². The van der Waals surface area contributed by atoms with E-state index in [9.17, 15) is 0 Å². The van der Waals surface area contributed by atoms with Crippen LogP contribution in [0.15, 0.2) is 12.4 Å². The fraction of sp³-hybridized carbons (Fsp3) is 0.931. The normalized spacial score (nSPS) is 16.2. The van der Waals surface area contributed by atoms with Crippen molar-refractivity contribution in [2.45, 2.75) is 156 Å². The van der Waals surface area contributed by atoms with Gasteiger partial charge >= 0.3 is 0 Å². The highest BCUT2D eigenvalue weighted by atomic mass is 15.4. The molecule has 0 N–H and O–H groups in total. The summed E-state index contributed by atoms with van der Waals surface area (Å²) in [5.41, 5.74) is 0. The highest BCUT2D eigenvalue weighted by molar-refractivity contribution is 4.98. The predicted octanol–water partition coefficient (Wildman–Crippen LogP) is 9.51. The van der Waals surface area contributed by atoms with Crippen LogP contribution in [0.5, 0.6) is 0 Å². The van der Waals surface area contributed by atoms with E-state index in [1.54, 1.807) is 0 Å². The molecule has 1 rings (SSSR count). The summed E-state index contributed by atoms with van der Waals surface area (Å²) in [5.74, 6) is 0.692. The fourth-order valence-corrected chi connectivity index (χ4v) is 5.10. The average molecular weight is 435 g/mol. The Morgan fingerprint density at radius 3 is 1.10 bits per heavy atom. The number of hydrogen-bond donors (Lipinski definition) is 0. The lowest BCUT2D eigenvalue weighted by molar-refractivity contribution is 0.104. The minimum Gasteiger partial charge on any atom is -0.356 e. The molecule has 0 saturated carbocycles. The zero-order valence-electron chi connectivity index (χ0n) is 22.1. The van der Waals surface area contributed by atoms with Gasteiger partial charge in [0.1, 0.15) is 6.17 Å². The number of rotatable bonds is 22. The van der Waals surface area contributed by atoms with Gasteiger partial charge in [-0.2, -0.15) is 0 Å². The summed E-state index contributed by atoms with van der Waals surface area (Å²) in [7, 11) is 0. The van der Waals surface area contributed by atoms with E-state index in [-0.39, 0.29) is 0 Å². The van der Waals surface area contributed by atoms with Gasteiger partial charge in [0.05, 0.1) is 0 Å². The Hall–Kier alpha value is -0.660. The maximum absolute atomic E-state index is 2.62. The molecule has 1 aliphatic rings. The maximum Gasteiger partial charge on any atom is 0.103 e. The van der Waals surface area contributed by atoms with Crippen molar-refractivity contribution in [3.05, 3.63) is 12.4 Å². The third-order valence-electron chi connectivity index (χ3n) is 7.02. The van der Waals surface area contributed by atoms with Gasteiger partial charge in [-0.1, -0.05) is 137 Å². The van der Waals surface area contributed by atoms with Crippen molar-refractivity contribution >= 4 is 0 Å². The van der Waals surface area contributed by atoms with E-state index in [1.807, 2.05) is 0 Å². The molecule has 0 aliphatic carbocycles. The third-order valence-corrected chi connectivity index (χ3v) is 7.02. The number of unbranched alkanes of at least 4 members (excludes halogenated alkanes) is 17. The van der Waals surface area contributed by atoms with Crippen LogP contribution in [0.3, 0.4) is 0 Å². The van der Waals surface area contributed by atoms with Crippen LogP contribution in [-0.2, 0) is 0 Å². The van der Waals surface area contributed by atoms with Crippen LogP contribution in [0.2, 0.25) is 0 Å². The van der Waals surface area contributed by atoms with Gasteiger partial charge in [0.25, 0.3) is 0 Å². The average Bonchev–Trinajstić information content (AvgIpc) is 3.17. The second-order valence-corrected chi connectivity index (χ2v) is 10.4. The quantitative estimate of drug-likeness (QED) is 0.156. The molecule has 0 radical (unpaired) electrons. The minimum atomic E-state index is 0.591. The van der Waals surface area contributed by atoms with Gasteiger partial charge in [-0.05, 0) is 18.8 Å². The molecule has 1 aliphatic heterocycles. The Morgan fingerprint density at radius 2 is 0.774 bits per heavy atom. The van der Waals surface area contributed by atoms with Crippen LogP contribution in [0, 0.1) is 5.92 Å². The van der Waals surface area contributed by atoms with Crippen molar-refractivity contribution < 1.29 is 0 Å². The first-order valence-electron chi connectivity index (χ1n) is 14.4. The maximum atomic E-state index is 2.62. The summed E-state index contributed by atoms with van der Waals surface area (Å²) in [5, 5.41) is 0. The van der Waals surface area contributed by atoms with E-state index < -0.39 is 0 Å². The molecule has 0 aromatic rings. The molecule has 2 nitrogen and oxygen atoms in total. The molecular weight excluding hydrogens is 376 g/mol. The summed E-state index contributed by atoms with van der Waals surface area (Å²) in [4.78, 5) is 5.22. The van der Waals surface area contributed by atoms with E-state index in [1.165, 1.54) is 135 Å². The van der Waals surface area contributed by atoms with Crippen molar-refractivity contribution in [3.8, 4) is 0 Å². The summed E-state index contributed by atoms with van der Waals surface area (Å²) in [6.45, 7) is 11.8. The molecule has 0 spiro atoms. The zero-order chi connectivity index (χ0) is 22.6. The van der Waals surface area contributed by atoms with Crippen LogP contribution in [0.4, 0.5) is 0 Å². The van der Waals surface area contributed by atoms with Crippen LogP contribution < -0.4 is 0 Å². The fourth-order valence-electron chi connectivity index (χ4n) is 5.10. The first-order chi connectivity index (χ1) is 15.2. The largest absolute Gasteiger partial charge is 0.356 e. The molecule has 0 amide bonds. The predicted molar refractivity (Wildman–Crippen MR) is 140 cm³/mol. The Bertz CT molecular complexity index is 404. The highest BCUT2D eigenvalue weighted by Gasteiger charge is 2.28. The zero-order valence-corrected chi connectivity index (χ0v) is 22.1. The monoisotopic (exact) mass is 434 g/mol. The Labute approximate surface area is 197 Å². The van der Waals surface area contributed by atoms with Gasteiger partial charge in [0.15, 0.2) is 0 Å². The molecule has 0 aromatic carbocycles. The van der Waals surface area contributed by atoms with E-state index in [0.717, 1.165) is 0 Å². The smallest absolute Gasteiger partial charge is 0.103 e. The van der Waals surface area contributed by atoms with E-state index in [2.05, 4.69) is 49.9 Å². The lowest BCUT2D eigenvalue weighted by Crippen LogP contribution is -2.43. The number of hydrogen-bond acceptors (Lipinski definition) is 2. The lowest BCUT2D eigenvalue weighted by Gasteiger charge is -2.36. The van der Waals surface area contributed by atoms with Crippen molar-refractivity contribution in [2.75, 3.05) is 13.1 Å². The van der Waals surface area contributed by atoms with Gasteiger partial charge < -0.3 is 9.80 Å². The molecule has 0 saturated heterocycles. The number of nitrogens with zero attached hydrogens (tertiary/aromatic N) is 2. The third kappa shape index (κ3) is 14.2. The first-order valence-corrected chi connectivity index (χ1v) is 14.4. The van der Waals surface area contributed by atoms with Gasteiger partial charge in [0.2, 0.25) is 0 Å². The summed E-state index contributed by atoms with van der Waals surface area (Å²) in [6, 6.07) is 0. The van der Waals surface area contributed by atoms with E-state index in [4.69, 9.17) is 0 Å². The van der Waals surface area contributed by atoms with Crippen molar-refractivity contribution in [1.82, 2.24) is 9.80 Å². The van der Waals surface area contributed by atoms with Crippen LogP contribution in [-0.4, -0.2) is 29.1 Å². The van der Waals surface area contributed by atoms with Crippen molar-refractivity contribution in [3.63, 3.8) is 0 Å². The summed E-state index contributed by atoms with van der Waals surface area (Å²) < 4.78 is 0. The molecule has 0 bridgehead atoms. The lowest BCUT2D eigenvalue weighted by atomic mass is 10.0. The van der Waals surface area contributed by atoms with Crippen LogP contribution >= 0.6 is 0 Å². The standard InChI is InChI=1S/C29H58N2/c1-5-7-9-11-12-13-14-15-16-17-18-19-20-21-23-25-31-27-26-30(29(31)28(3)4)24-22-10-8-6-2/h26-29H,5-25H2,1-4H3. The van der Waals surface area contributed by atoms with Crippen molar-refractivity contribution in [1.29, 1.82) is 0 Å².